The first-order valence-electron chi connectivity index (χ1n) is 15.6. The van der Waals surface area contributed by atoms with Crippen LogP contribution in [0.2, 0.25) is 0 Å². The van der Waals surface area contributed by atoms with Gasteiger partial charge in [0.1, 0.15) is 23.4 Å². The second kappa shape index (κ2) is 9.54. The molecule has 10 heteroatoms. The van der Waals surface area contributed by atoms with Gasteiger partial charge in [0.2, 0.25) is 0 Å². The van der Waals surface area contributed by atoms with Crippen LogP contribution >= 0.6 is 0 Å². The minimum absolute atomic E-state index is 0.0270. The van der Waals surface area contributed by atoms with E-state index < -0.39 is 81.8 Å². The third kappa shape index (κ3) is 3.72. The Morgan fingerprint density at radius 1 is 1.07 bits per heavy atom. The number of aliphatic hydroxyl groups is 2. The fourth-order valence-electron chi connectivity index (χ4n) is 11.0. The van der Waals surface area contributed by atoms with Gasteiger partial charge < -0.3 is 33.6 Å². The standard InChI is InChI=1S/C33H46O10/c1-16(2)11-24(36)41-28-26(38)27-30(6)20(29(4,5)43-25(37)14-22(30)40-17(3)34)13-23-32(27,8)33(42-23)21(35)12-19(31(28,33)7)18-9-10-39-15-18/h9-10,15-16,19-23,26-28,35,38H,11-14H2,1-8H3. The Morgan fingerprint density at radius 2 is 1.77 bits per heavy atom. The summed E-state index contributed by atoms with van der Waals surface area (Å²) < 4.78 is 30.6. The van der Waals surface area contributed by atoms with Crippen molar-refractivity contribution in [3.8, 4) is 0 Å². The van der Waals surface area contributed by atoms with Gasteiger partial charge in [0.25, 0.3) is 0 Å². The Balaban J connectivity index is 1.58. The number of aliphatic hydroxyl groups excluding tert-OH is 2. The molecule has 0 aromatic carbocycles. The second-order valence-corrected chi connectivity index (χ2v) is 15.3. The summed E-state index contributed by atoms with van der Waals surface area (Å²) in [7, 11) is 0. The van der Waals surface area contributed by atoms with Gasteiger partial charge in [0.05, 0.1) is 37.3 Å². The predicted octanol–water partition coefficient (Wildman–Crippen LogP) is 3.91. The molecule has 238 valence electrons. The molecule has 5 aliphatic rings. The van der Waals surface area contributed by atoms with E-state index in [0.29, 0.717) is 12.8 Å². The van der Waals surface area contributed by atoms with Crippen molar-refractivity contribution in [3.63, 3.8) is 0 Å². The summed E-state index contributed by atoms with van der Waals surface area (Å²) in [5.74, 6) is -2.88. The number of carbonyl (C=O) groups is 3. The molecule has 3 saturated carbocycles. The fraction of sp³-hybridized carbons (Fsp3) is 0.788. The van der Waals surface area contributed by atoms with E-state index in [2.05, 4.69) is 0 Å². The van der Waals surface area contributed by atoms with Crippen molar-refractivity contribution in [2.45, 2.75) is 129 Å². The lowest BCUT2D eigenvalue weighted by Crippen LogP contribution is -2.89. The van der Waals surface area contributed by atoms with Gasteiger partial charge in [-0.25, -0.2) is 0 Å². The van der Waals surface area contributed by atoms with Gasteiger partial charge in [-0.2, -0.15) is 0 Å². The van der Waals surface area contributed by atoms with Crippen LogP contribution in [0.5, 0.6) is 0 Å². The molecule has 0 bridgehead atoms. The Labute approximate surface area is 252 Å². The monoisotopic (exact) mass is 602 g/mol. The van der Waals surface area contributed by atoms with Gasteiger partial charge in [-0.15, -0.1) is 0 Å². The molecule has 43 heavy (non-hydrogen) atoms. The molecule has 3 heterocycles. The van der Waals surface area contributed by atoms with Crippen LogP contribution in [0.4, 0.5) is 0 Å². The van der Waals surface area contributed by atoms with E-state index in [1.165, 1.54) is 6.92 Å². The van der Waals surface area contributed by atoms with Crippen LogP contribution < -0.4 is 0 Å². The summed E-state index contributed by atoms with van der Waals surface area (Å²) in [6, 6.07) is 1.84. The maximum Gasteiger partial charge on any atom is 0.310 e. The van der Waals surface area contributed by atoms with Crippen molar-refractivity contribution in [2.24, 2.45) is 34.0 Å². The van der Waals surface area contributed by atoms with Gasteiger partial charge in [0.15, 0.2) is 0 Å². The summed E-state index contributed by atoms with van der Waals surface area (Å²) in [6.45, 7) is 14.8. The Morgan fingerprint density at radius 3 is 2.37 bits per heavy atom. The van der Waals surface area contributed by atoms with E-state index in [1.807, 2.05) is 54.5 Å². The molecule has 1 spiro atoms. The van der Waals surface area contributed by atoms with Crippen molar-refractivity contribution in [3.05, 3.63) is 24.2 Å². The zero-order chi connectivity index (χ0) is 31.5. The van der Waals surface area contributed by atoms with Crippen LogP contribution in [0.15, 0.2) is 23.0 Å². The number of carbonyl (C=O) groups excluding carboxylic acids is 3. The molecule has 12 unspecified atom stereocenters. The lowest BCUT2D eigenvalue weighted by Gasteiger charge is -2.80. The van der Waals surface area contributed by atoms with Crippen molar-refractivity contribution in [2.75, 3.05) is 0 Å². The molecular formula is C33H46O10. The van der Waals surface area contributed by atoms with E-state index in [4.69, 9.17) is 23.4 Å². The lowest BCUT2D eigenvalue weighted by atomic mass is 9.32. The smallest absolute Gasteiger partial charge is 0.310 e. The number of esters is 3. The zero-order valence-electron chi connectivity index (χ0n) is 26.4. The first-order chi connectivity index (χ1) is 20.0. The normalized spacial score (nSPS) is 47.7. The Kier molecular flexibility index (Phi) is 6.78. The van der Waals surface area contributed by atoms with Gasteiger partial charge in [-0.05, 0) is 44.2 Å². The molecule has 6 rings (SSSR count). The van der Waals surface area contributed by atoms with Crippen molar-refractivity contribution in [1.82, 2.24) is 0 Å². The molecule has 1 aromatic heterocycles. The topological polar surface area (TPSA) is 142 Å². The summed E-state index contributed by atoms with van der Waals surface area (Å²) in [4.78, 5) is 39.0. The van der Waals surface area contributed by atoms with Crippen LogP contribution in [0, 0.1) is 34.0 Å². The number of ether oxygens (including phenoxy) is 4. The Bertz CT molecular complexity index is 1300. The second-order valence-electron chi connectivity index (χ2n) is 15.3. The lowest BCUT2D eigenvalue weighted by molar-refractivity contribution is -0.463. The maximum absolute atomic E-state index is 13.4. The summed E-state index contributed by atoms with van der Waals surface area (Å²) >= 11 is 0. The van der Waals surface area contributed by atoms with Crippen LogP contribution in [0.25, 0.3) is 0 Å². The third-order valence-corrected chi connectivity index (χ3v) is 12.4. The zero-order valence-corrected chi connectivity index (χ0v) is 26.4. The van der Waals surface area contributed by atoms with Crippen LogP contribution in [0.1, 0.15) is 92.6 Å². The minimum atomic E-state index is -1.24. The highest BCUT2D eigenvalue weighted by Gasteiger charge is 2.90. The molecule has 2 saturated heterocycles. The summed E-state index contributed by atoms with van der Waals surface area (Å²) in [6.07, 6.45) is -0.616. The number of cyclic esters (lactones) is 1. The number of furan rings is 1. The van der Waals surface area contributed by atoms with E-state index in [0.717, 1.165) is 5.56 Å². The van der Waals surface area contributed by atoms with E-state index in [1.54, 1.807) is 12.5 Å². The van der Waals surface area contributed by atoms with E-state index in [-0.39, 0.29) is 30.6 Å². The Hall–Kier alpha value is -2.43. The number of hydrogen-bond donors (Lipinski definition) is 2. The van der Waals surface area contributed by atoms with Gasteiger partial charge in [-0.1, -0.05) is 34.6 Å². The molecule has 2 aliphatic heterocycles. The average Bonchev–Trinajstić information content (AvgIpc) is 3.46. The number of fused-ring (bicyclic) bond motifs is 2. The molecular weight excluding hydrogens is 556 g/mol. The van der Waals surface area contributed by atoms with Crippen molar-refractivity contribution in [1.29, 1.82) is 0 Å². The molecule has 0 amide bonds. The van der Waals surface area contributed by atoms with Gasteiger partial charge >= 0.3 is 17.9 Å². The number of hydrogen-bond acceptors (Lipinski definition) is 10. The molecule has 2 N–H and O–H groups in total. The molecule has 1 aromatic rings. The fourth-order valence-corrected chi connectivity index (χ4v) is 11.0. The molecule has 5 fully saturated rings. The van der Waals surface area contributed by atoms with Crippen LogP contribution in [0.3, 0.4) is 0 Å². The van der Waals surface area contributed by atoms with Crippen molar-refractivity contribution >= 4 is 17.9 Å². The highest BCUT2D eigenvalue weighted by molar-refractivity contribution is 5.73. The van der Waals surface area contributed by atoms with E-state index in [9.17, 15) is 24.6 Å². The van der Waals surface area contributed by atoms with Gasteiger partial charge in [0, 0.05) is 47.3 Å². The highest BCUT2D eigenvalue weighted by Crippen LogP contribution is 2.81. The van der Waals surface area contributed by atoms with Crippen LogP contribution in [-0.4, -0.2) is 69.8 Å². The molecule has 0 radical (unpaired) electrons. The van der Waals surface area contributed by atoms with E-state index >= 15 is 0 Å². The third-order valence-electron chi connectivity index (χ3n) is 12.4. The van der Waals surface area contributed by atoms with Crippen LogP contribution in [-0.2, 0) is 33.3 Å². The SMILES string of the molecule is CC(=O)OC1CC(=O)OC(C)(C)C2CC3OC45C(O)CC(c6ccoc6)C4(C)C(OC(=O)CC(C)C)C(O)C(C12C)C35C. The minimum Gasteiger partial charge on any atom is -0.472 e. The average molecular weight is 603 g/mol. The largest absolute Gasteiger partial charge is 0.472 e. The first-order valence-corrected chi connectivity index (χ1v) is 15.6. The quantitative estimate of drug-likeness (QED) is 0.376. The van der Waals surface area contributed by atoms with Crippen molar-refractivity contribution < 1.29 is 48.0 Å². The first kappa shape index (κ1) is 30.6. The van der Waals surface area contributed by atoms with Gasteiger partial charge in [-0.3, -0.25) is 14.4 Å². The summed E-state index contributed by atoms with van der Waals surface area (Å²) in [5, 5.41) is 24.8. The summed E-state index contributed by atoms with van der Waals surface area (Å²) in [5.41, 5.74) is -4.26. The maximum atomic E-state index is 13.4. The molecule has 12 atom stereocenters. The molecule has 3 aliphatic carbocycles. The molecule has 10 nitrogen and oxygen atoms in total. The number of rotatable bonds is 5. The predicted molar refractivity (Wildman–Crippen MR) is 151 cm³/mol. The highest BCUT2D eigenvalue weighted by atomic mass is 16.6.